The first-order valence-electron chi connectivity index (χ1n) is 3.23. The van der Waals surface area contributed by atoms with Crippen LogP contribution in [0.25, 0.3) is 0 Å². The van der Waals surface area contributed by atoms with Crippen molar-refractivity contribution < 1.29 is 14.6 Å². The average molecular weight is 145 g/mol. The van der Waals surface area contributed by atoms with Crippen LogP contribution in [0, 0.1) is 0 Å². The van der Waals surface area contributed by atoms with E-state index in [1.807, 2.05) is 0 Å². The molecule has 0 aromatic rings. The molecule has 0 aromatic heterocycles. The van der Waals surface area contributed by atoms with E-state index in [4.69, 9.17) is 9.84 Å². The molecule has 10 heavy (non-hydrogen) atoms. The molecule has 0 saturated carbocycles. The Bertz CT molecular complexity index is 137. The van der Waals surface area contributed by atoms with Crippen molar-refractivity contribution in [1.29, 1.82) is 0 Å². The molecule has 4 heteroatoms. The summed E-state index contributed by atoms with van der Waals surface area (Å²) >= 11 is 0. The van der Waals surface area contributed by atoms with Gasteiger partial charge in [0, 0.05) is 6.92 Å². The van der Waals surface area contributed by atoms with E-state index in [-0.39, 0.29) is 11.9 Å². The Morgan fingerprint density at radius 3 is 2.80 bits per heavy atom. The SMILES string of the molecule is CC(=O)N[C@@H]1COC[C@H]1O. The van der Waals surface area contributed by atoms with E-state index in [2.05, 4.69) is 5.32 Å². The first-order chi connectivity index (χ1) is 4.70. The highest BCUT2D eigenvalue weighted by Crippen LogP contribution is 2.03. The van der Waals surface area contributed by atoms with Crippen LogP contribution in [0.2, 0.25) is 0 Å². The van der Waals surface area contributed by atoms with Crippen molar-refractivity contribution in [3.63, 3.8) is 0 Å². The third kappa shape index (κ3) is 1.68. The van der Waals surface area contributed by atoms with Crippen molar-refractivity contribution in [2.75, 3.05) is 13.2 Å². The van der Waals surface area contributed by atoms with Gasteiger partial charge >= 0.3 is 0 Å². The highest BCUT2D eigenvalue weighted by atomic mass is 16.5. The van der Waals surface area contributed by atoms with Crippen molar-refractivity contribution in [2.45, 2.75) is 19.1 Å². The largest absolute Gasteiger partial charge is 0.388 e. The van der Waals surface area contributed by atoms with Crippen molar-refractivity contribution in [2.24, 2.45) is 0 Å². The van der Waals surface area contributed by atoms with Gasteiger partial charge in [-0.15, -0.1) is 0 Å². The molecule has 1 fully saturated rings. The zero-order valence-electron chi connectivity index (χ0n) is 5.83. The molecule has 2 atom stereocenters. The Kier molecular flexibility index (Phi) is 2.24. The quantitative estimate of drug-likeness (QED) is 0.491. The van der Waals surface area contributed by atoms with Crippen molar-refractivity contribution in [3.05, 3.63) is 0 Å². The number of hydrogen-bond donors (Lipinski definition) is 2. The predicted molar refractivity (Wildman–Crippen MR) is 34.4 cm³/mol. The monoisotopic (exact) mass is 145 g/mol. The van der Waals surface area contributed by atoms with Gasteiger partial charge in [0.1, 0.15) is 0 Å². The van der Waals surface area contributed by atoms with Crippen LogP contribution >= 0.6 is 0 Å². The van der Waals surface area contributed by atoms with Crippen LogP contribution in [-0.2, 0) is 9.53 Å². The zero-order valence-corrected chi connectivity index (χ0v) is 5.83. The summed E-state index contributed by atoms with van der Waals surface area (Å²) in [4.78, 5) is 10.5. The third-order valence-corrected chi connectivity index (χ3v) is 1.44. The number of ether oxygens (including phenoxy) is 1. The van der Waals surface area contributed by atoms with Crippen molar-refractivity contribution in [1.82, 2.24) is 5.32 Å². The first kappa shape index (κ1) is 7.50. The molecule has 2 N–H and O–H groups in total. The van der Waals surface area contributed by atoms with E-state index in [0.29, 0.717) is 13.2 Å². The van der Waals surface area contributed by atoms with Gasteiger partial charge in [-0.2, -0.15) is 0 Å². The maximum atomic E-state index is 10.5. The maximum absolute atomic E-state index is 10.5. The fraction of sp³-hybridized carbons (Fsp3) is 0.833. The molecule has 1 amide bonds. The molecule has 1 aliphatic heterocycles. The molecule has 0 spiro atoms. The molecule has 0 unspecified atom stereocenters. The number of rotatable bonds is 1. The average Bonchev–Trinajstić information content (AvgIpc) is 2.15. The number of carbonyl (C=O) groups excluding carboxylic acids is 1. The Labute approximate surface area is 59.2 Å². The summed E-state index contributed by atoms with van der Waals surface area (Å²) in [5.41, 5.74) is 0. The molecule has 1 heterocycles. The fourth-order valence-corrected chi connectivity index (χ4v) is 0.942. The molecular weight excluding hydrogens is 134 g/mol. The van der Waals surface area contributed by atoms with Gasteiger partial charge in [0.25, 0.3) is 0 Å². The molecule has 0 bridgehead atoms. The van der Waals surface area contributed by atoms with E-state index in [1.165, 1.54) is 6.92 Å². The molecule has 0 aliphatic carbocycles. The van der Waals surface area contributed by atoms with Gasteiger partial charge in [-0.3, -0.25) is 4.79 Å². The summed E-state index contributed by atoms with van der Waals surface area (Å²) in [5.74, 6) is -0.130. The van der Waals surface area contributed by atoms with Crippen LogP contribution < -0.4 is 5.32 Å². The number of carbonyl (C=O) groups is 1. The zero-order chi connectivity index (χ0) is 7.56. The van der Waals surface area contributed by atoms with Gasteiger partial charge in [0.05, 0.1) is 25.4 Å². The van der Waals surface area contributed by atoms with E-state index in [9.17, 15) is 4.79 Å². The molecule has 1 rings (SSSR count). The highest BCUT2D eigenvalue weighted by Gasteiger charge is 2.26. The number of aliphatic hydroxyl groups excluding tert-OH is 1. The molecule has 0 aromatic carbocycles. The highest BCUT2D eigenvalue weighted by molar-refractivity contribution is 5.73. The molecule has 1 aliphatic rings. The lowest BCUT2D eigenvalue weighted by molar-refractivity contribution is -0.120. The Balaban J connectivity index is 2.33. The van der Waals surface area contributed by atoms with Gasteiger partial charge in [0.15, 0.2) is 0 Å². The Hall–Kier alpha value is -0.610. The lowest BCUT2D eigenvalue weighted by atomic mass is 10.2. The smallest absolute Gasteiger partial charge is 0.217 e. The van der Waals surface area contributed by atoms with Crippen LogP contribution in [0.15, 0.2) is 0 Å². The molecule has 4 nitrogen and oxygen atoms in total. The number of amides is 1. The summed E-state index contributed by atoms with van der Waals surface area (Å²) in [6.45, 7) is 2.16. The minimum absolute atomic E-state index is 0.130. The minimum atomic E-state index is -0.538. The second kappa shape index (κ2) is 2.98. The lowest BCUT2D eigenvalue weighted by Gasteiger charge is -2.11. The van der Waals surface area contributed by atoms with Crippen LogP contribution in [0.1, 0.15) is 6.92 Å². The second-order valence-corrected chi connectivity index (χ2v) is 2.41. The maximum Gasteiger partial charge on any atom is 0.217 e. The summed E-state index contributed by atoms with van der Waals surface area (Å²) in [7, 11) is 0. The van der Waals surface area contributed by atoms with Gasteiger partial charge in [-0.1, -0.05) is 0 Å². The summed E-state index contributed by atoms with van der Waals surface area (Å²) in [5, 5.41) is 11.7. The first-order valence-corrected chi connectivity index (χ1v) is 3.23. The fourth-order valence-electron chi connectivity index (χ4n) is 0.942. The summed E-state index contributed by atoms with van der Waals surface area (Å²) in [6, 6.07) is -0.211. The predicted octanol–water partition coefficient (Wildman–Crippen LogP) is -1.12. The van der Waals surface area contributed by atoms with Gasteiger partial charge < -0.3 is 15.2 Å². The van der Waals surface area contributed by atoms with Crippen molar-refractivity contribution in [3.8, 4) is 0 Å². The van der Waals surface area contributed by atoms with E-state index >= 15 is 0 Å². The Morgan fingerprint density at radius 2 is 2.40 bits per heavy atom. The Morgan fingerprint density at radius 1 is 1.70 bits per heavy atom. The van der Waals surface area contributed by atoms with Crippen LogP contribution in [0.4, 0.5) is 0 Å². The van der Waals surface area contributed by atoms with E-state index < -0.39 is 6.10 Å². The second-order valence-electron chi connectivity index (χ2n) is 2.41. The van der Waals surface area contributed by atoms with Gasteiger partial charge in [0.2, 0.25) is 5.91 Å². The lowest BCUT2D eigenvalue weighted by Crippen LogP contribution is -2.41. The van der Waals surface area contributed by atoms with Crippen LogP contribution in [0.5, 0.6) is 0 Å². The molecule has 0 radical (unpaired) electrons. The number of nitrogens with one attached hydrogen (secondary N) is 1. The number of hydrogen-bond acceptors (Lipinski definition) is 3. The molecular formula is C6H11NO3. The topological polar surface area (TPSA) is 58.6 Å². The summed E-state index contributed by atoms with van der Waals surface area (Å²) in [6.07, 6.45) is -0.538. The normalized spacial score (nSPS) is 32.2. The van der Waals surface area contributed by atoms with Gasteiger partial charge in [-0.25, -0.2) is 0 Å². The summed E-state index contributed by atoms with van der Waals surface area (Å²) < 4.78 is 4.91. The van der Waals surface area contributed by atoms with Gasteiger partial charge in [-0.05, 0) is 0 Å². The van der Waals surface area contributed by atoms with E-state index in [0.717, 1.165) is 0 Å². The standard InChI is InChI=1S/C6H11NO3/c1-4(8)7-5-2-10-3-6(5)9/h5-6,9H,2-3H2,1H3,(H,7,8)/t5-,6-/m1/s1. The third-order valence-electron chi connectivity index (χ3n) is 1.44. The molecule has 1 saturated heterocycles. The molecule has 58 valence electrons. The van der Waals surface area contributed by atoms with Crippen LogP contribution in [0.3, 0.4) is 0 Å². The number of aliphatic hydroxyl groups is 1. The minimum Gasteiger partial charge on any atom is -0.388 e. The van der Waals surface area contributed by atoms with E-state index in [1.54, 1.807) is 0 Å². The van der Waals surface area contributed by atoms with Crippen LogP contribution in [-0.4, -0.2) is 36.4 Å². The van der Waals surface area contributed by atoms with Crippen molar-refractivity contribution >= 4 is 5.91 Å².